The molecule has 4 heteroatoms. The van der Waals surface area contributed by atoms with Gasteiger partial charge in [0.25, 0.3) is 0 Å². The Kier molecular flexibility index (Phi) is 7.84. The first-order valence-corrected chi connectivity index (χ1v) is 13.8. The minimum Gasteiger partial charge on any atom is -0.393 e. The Morgan fingerprint density at radius 1 is 1.21 bits per heavy atom. The van der Waals surface area contributed by atoms with Crippen LogP contribution >= 0.6 is 0 Å². The summed E-state index contributed by atoms with van der Waals surface area (Å²) in [5.74, 6) is 2.10. The Morgan fingerprint density at radius 2 is 1.97 bits per heavy atom. The first-order chi connectivity index (χ1) is 16.1. The lowest BCUT2D eigenvalue weighted by Gasteiger charge is -2.46. The Labute approximate surface area is 208 Å². The quantitative estimate of drug-likeness (QED) is 0.525. The summed E-state index contributed by atoms with van der Waals surface area (Å²) in [5.41, 5.74) is 3.68. The lowest BCUT2D eigenvalue weighted by atomic mass is 9.61. The molecule has 0 radical (unpaired) electrons. The maximum Gasteiger partial charge on any atom is 0.0811 e. The molecule has 1 saturated heterocycles. The number of rotatable bonds is 6. The number of fused-ring (bicyclic) bond motifs is 1. The van der Waals surface area contributed by atoms with Crippen molar-refractivity contribution < 1.29 is 14.9 Å². The van der Waals surface area contributed by atoms with Gasteiger partial charge in [-0.3, -0.25) is 4.90 Å². The van der Waals surface area contributed by atoms with Crippen LogP contribution in [0.25, 0.3) is 0 Å². The van der Waals surface area contributed by atoms with E-state index in [0.29, 0.717) is 36.1 Å². The number of aliphatic hydroxyl groups excluding tert-OH is 2. The van der Waals surface area contributed by atoms with Crippen molar-refractivity contribution in [1.29, 1.82) is 0 Å². The van der Waals surface area contributed by atoms with E-state index in [-0.39, 0.29) is 5.60 Å². The number of ether oxygens (including phenoxy) is 1. The Hall–Kier alpha value is -0.940. The third kappa shape index (κ3) is 4.98. The maximum absolute atomic E-state index is 10.2. The fourth-order valence-corrected chi connectivity index (χ4v) is 8.14. The molecular formula is C30H49NO3. The lowest BCUT2D eigenvalue weighted by Crippen LogP contribution is -2.49. The number of methoxy groups -OCH3 is 1. The average molecular weight is 472 g/mol. The first kappa shape index (κ1) is 26.1. The molecular weight excluding hydrogens is 422 g/mol. The number of hydrogen-bond acceptors (Lipinski definition) is 4. The third-order valence-electron chi connectivity index (χ3n) is 10.2. The van der Waals surface area contributed by atoms with E-state index in [1.54, 1.807) is 5.57 Å². The highest BCUT2D eigenvalue weighted by Gasteiger charge is 2.51. The van der Waals surface area contributed by atoms with Crippen LogP contribution in [0.2, 0.25) is 0 Å². The van der Waals surface area contributed by atoms with Gasteiger partial charge in [0, 0.05) is 26.1 Å². The van der Waals surface area contributed by atoms with Crippen molar-refractivity contribution in [3.05, 3.63) is 35.5 Å². The maximum atomic E-state index is 10.2. The monoisotopic (exact) mass is 471 g/mol. The Balaban J connectivity index is 1.47. The van der Waals surface area contributed by atoms with Crippen LogP contribution in [0.4, 0.5) is 0 Å². The fraction of sp³-hybridized carbons (Fsp3) is 0.800. The number of aliphatic hydroxyl groups is 2. The standard InChI is InChI=1S/C30H49NO3/c1-20(19-31-16-8-10-28(31)29(3,4)34-6)25-13-14-26-22(9-7-15-30(25,26)5)11-12-23-17-24(32)18-27(33)21(23)2/h11-12,20,24-28,32-33H,2,7-10,13-19H2,1,3-6H3/b22-11+,23-12-/t20-,24-,25-,26+,27+,28+,30-/m1/s1. The topological polar surface area (TPSA) is 52.9 Å². The summed E-state index contributed by atoms with van der Waals surface area (Å²) in [7, 11) is 1.86. The van der Waals surface area contributed by atoms with Crippen LogP contribution in [0, 0.1) is 23.2 Å². The van der Waals surface area contributed by atoms with E-state index >= 15 is 0 Å². The van der Waals surface area contributed by atoms with Gasteiger partial charge in [0.2, 0.25) is 0 Å². The molecule has 4 rings (SSSR count). The average Bonchev–Trinajstić information content (AvgIpc) is 3.39. The van der Waals surface area contributed by atoms with Crippen LogP contribution in [0.1, 0.15) is 85.5 Å². The molecule has 4 fully saturated rings. The van der Waals surface area contributed by atoms with Crippen molar-refractivity contribution in [2.75, 3.05) is 20.2 Å². The molecule has 7 atom stereocenters. The van der Waals surface area contributed by atoms with E-state index in [1.807, 2.05) is 7.11 Å². The summed E-state index contributed by atoms with van der Waals surface area (Å²) >= 11 is 0. The van der Waals surface area contributed by atoms with Crippen molar-refractivity contribution in [2.45, 2.75) is 109 Å². The number of hydrogen-bond donors (Lipinski definition) is 2. The van der Waals surface area contributed by atoms with Crippen molar-refractivity contribution in [3.63, 3.8) is 0 Å². The van der Waals surface area contributed by atoms with E-state index in [0.717, 1.165) is 17.1 Å². The minimum atomic E-state index is -0.612. The molecule has 0 aromatic carbocycles. The van der Waals surface area contributed by atoms with Gasteiger partial charge in [-0.15, -0.1) is 0 Å². The fourth-order valence-electron chi connectivity index (χ4n) is 8.14. The predicted molar refractivity (Wildman–Crippen MR) is 140 cm³/mol. The summed E-state index contributed by atoms with van der Waals surface area (Å²) in [6.45, 7) is 16.1. The van der Waals surface area contributed by atoms with Crippen LogP contribution < -0.4 is 0 Å². The van der Waals surface area contributed by atoms with Gasteiger partial charge in [-0.25, -0.2) is 0 Å². The van der Waals surface area contributed by atoms with E-state index in [2.05, 4.69) is 51.3 Å². The van der Waals surface area contributed by atoms with Gasteiger partial charge in [-0.05, 0) is 106 Å². The van der Waals surface area contributed by atoms with Crippen LogP contribution in [-0.4, -0.2) is 59.2 Å². The molecule has 0 unspecified atom stereocenters. The molecule has 192 valence electrons. The summed E-state index contributed by atoms with van der Waals surface area (Å²) in [5, 5.41) is 20.3. The van der Waals surface area contributed by atoms with Gasteiger partial charge < -0.3 is 14.9 Å². The summed E-state index contributed by atoms with van der Waals surface area (Å²) < 4.78 is 5.88. The highest BCUT2D eigenvalue weighted by molar-refractivity contribution is 5.38. The molecule has 0 spiro atoms. The van der Waals surface area contributed by atoms with Gasteiger partial charge >= 0.3 is 0 Å². The SMILES string of the molecule is C=C1/C(=C\C=C2/CCC[C@]3(C)[C@@H]([C@H](C)CN4CCC[C@H]4C(C)(C)OC)CC[C@@H]23)C[C@@H](O)C[C@@H]1O. The number of nitrogens with zero attached hydrogens (tertiary/aromatic N) is 1. The Bertz CT molecular complexity index is 814. The van der Waals surface area contributed by atoms with Crippen LogP contribution in [0.15, 0.2) is 35.5 Å². The predicted octanol–water partition coefficient (Wildman–Crippen LogP) is 5.65. The molecule has 34 heavy (non-hydrogen) atoms. The van der Waals surface area contributed by atoms with E-state index in [1.165, 1.54) is 58.0 Å². The minimum absolute atomic E-state index is 0.0864. The molecule has 2 N–H and O–H groups in total. The van der Waals surface area contributed by atoms with Crippen LogP contribution in [-0.2, 0) is 4.74 Å². The van der Waals surface area contributed by atoms with Crippen molar-refractivity contribution >= 4 is 0 Å². The molecule has 3 aliphatic carbocycles. The van der Waals surface area contributed by atoms with Crippen LogP contribution in [0.3, 0.4) is 0 Å². The zero-order valence-corrected chi connectivity index (χ0v) is 22.4. The highest BCUT2D eigenvalue weighted by Crippen LogP contribution is 2.59. The second-order valence-corrected chi connectivity index (χ2v) is 12.6. The van der Waals surface area contributed by atoms with Crippen LogP contribution in [0.5, 0.6) is 0 Å². The molecule has 1 heterocycles. The van der Waals surface area contributed by atoms with E-state index in [4.69, 9.17) is 4.74 Å². The molecule has 0 aromatic heterocycles. The van der Waals surface area contributed by atoms with Gasteiger partial charge in [0.05, 0.1) is 17.8 Å². The highest BCUT2D eigenvalue weighted by atomic mass is 16.5. The lowest BCUT2D eigenvalue weighted by molar-refractivity contribution is -0.0469. The molecule has 3 saturated carbocycles. The first-order valence-electron chi connectivity index (χ1n) is 13.8. The smallest absolute Gasteiger partial charge is 0.0811 e. The molecule has 4 nitrogen and oxygen atoms in total. The van der Waals surface area contributed by atoms with Gasteiger partial charge in [-0.2, -0.15) is 0 Å². The molecule has 0 bridgehead atoms. The third-order valence-corrected chi connectivity index (χ3v) is 10.2. The largest absolute Gasteiger partial charge is 0.393 e. The van der Waals surface area contributed by atoms with E-state index < -0.39 is 12.2 Å². The van der Waals surface area contributed by atoms with E-state index in [9.17, 15) is 10.2 Å². The van der Waals surface area contributed by atoms with Crippen molar-refractivity contribution in [1.82, 2.24) is 4.90 Å². The van der Waals surface area contributed by atoms with Gasteiger partial charge in [0.1, 0.15) is 0 Å². The molecule has 0 amide bonds. The molecule has 1 aliphatic heterocycles. The molecule has 4 aliphatic rings. The normalized spacial score (nSPS) is 40.8. The zero-order valence-electron chi connectivity index (χ0n) is 22.4. The molecule has 0 aromatic rings. The van der Waals surface area contributed by atoms with Gasteiger partial charge in [-0.1, -0.05) is 38.2 Å². The van der Waals surface area contributed by atoms with Crippen molar-refractivity contribution in [3.8, 4) is 0 Å². The van der Waals surface area contributed by atoms with Gasteiger partial charge in [0.15, 0.2) is 0 Å². The Morgan fingerprint density at radius 3 is 2.71 bits per heavy atom. The second-order valence-electron chi connectivity index (χ2n) is 12.6. The summed E-state index contributed by atoms with van der Waals surface area (Å²) in [6.07, 6.45) is 13.4. The number of allylic oxidation sites excluding steroid dienone is 3. The zero-order chi connectivity index (χ0) is 24.7. The van der Waals surface area contributed by atoms with Crippen molar-refractivity contribution in [2.24, 2.45) is 23.2 Å². The summed E-state index contributed by atoms with van der Waals surface area (Å²) in [6, 6.07) is 0.521. The summed E-state index contributed by atoms with van der Waals surface area (Å²) in [4.78, 5) is 2.72. The second kappa shape index (κ2) is 10.2. The number of likely N-dealkylation sites (tertiary alicyclic amines) is 1.